The molecule has 0 atom stereocenters. The SMILES string of the molecule is CCCOc1c(Cl)cc(C2Nc3cccc4cccc(c34)N2)cc1OCC. The lowest BCUT2D eigenvalue weighted by molar-refractivity contribution is 0.277. The van der Waals surface area contributed by atoms with Crippen LogP contribution in [-0.2, 0) is 0 Å². The Morgan fingerprint density at radius 1 is 0.963 bits per heavy atom. The number of nitrogens with one attached hydrogen (secondary N) is 2. The van der Waals surface area contributed by atoms with Crippen LogP contribution in [0.3, 0.4) is 0 Å². The monoisotopic (exact) mass is 382 g/mol. The summed E-state index contributed by atoms with van der Waals surface area (Å²) in [5.74, 6) is 1.29. The van der Waals surface area contributed by atoms with E-state index < -0.39 is 0 Å². The first-order valence-electron chi connectivity index (χ1n) is 9.35. The zero-order valence-electron chi connectivity index (χ0n) is 15.5. The van der Waals surface area contributed by atoms with Gasteiger partial charge in [0.1, 0.15) is 6.17 Å². The number of benzene rings is 3. The van der Waals surface area contributed by atoms with Gasteiger partial charge >= 0.3 is 0 Å². The van der Waals surface area contributed by atoms with Crippen molar-refractivity contribution < 1.29 is 9.47 Å². The highest BCUT2D eigenvalue weighted by Gasteiger charge is 2.23. The van der Waals surface area contributed by atoms with E-state index in [1.807, 2.05) is 19.1 Å². The van der Waals surface area contributed by atoms with E-state index in [1.165, 1.54) is 10.8 Å². The summed E-state index contributed by atoms with van der Waals surface area (Å²) in [4.78, 5) is 0. The van der Waals surface area contributed by atoms with Gasteiger partial charge in [-0.1, -0.05) is 42.8 Å². The molecule has 0 saturated carbocycles. The molecule has 0 unspecified atom stereocenters. The van der Waals surface area contributed by atoms with E-state index >= 15 is 0 Å². The van der Waals surface area contributed by atoms with Crippen LogP contribution in [0, 0.1) is 0 Å². The van der Waals surface area contributed by atoms with Crippen LogP contribution in [0.5, 0.6) is 11.5 Å². The third kappa shape index (κ3) is 3.37. The zero-order chi connectivity index (χ0) is 18.8. The highest BCUT2D eigenvalue weighted by atomic mass is 35.5. The zero-order valence-corrected chi connectivity index (χ0v) is 16.3. The molecule has 140 valence electrons. The number of anilines is 2. The van der Waals surface area contributed by atoms with Gasteiger partial charge in [-0.05, 0) is 48.6 Å². The molecule has 0 radical (unpaired) electrons. The van der Waals surface area contributed by atoms with Gasteiger partial charge in [-0.2, -0.15) is 0 Å². The number of rotatable bonds is 6. The molecule has 0 aromatic heterocycles. The summed E-state index contributed by atoms with van der Waals surface area (Å²) in [5, 5.41) is 10.1. The largest absolute Gasteiger partial charge is 0.490 e. The van der Waals surface area contributed by atoms with Crippen LogP contribution < -0.4 is 20.1 Å². The topological polar surface area (TPSA) is 42.5 Å². The molecular weight excluding hydrogens is 360 g/mol. The number of hydrogen-bond acceptors (Lipinski definition) is 4. The van der Waals surface area contributed by atoms with Crippen molar-refractivity contribution in [2.24, 2.45) is 0 Å². The molecule has 2 N–H and O–H groups in total. The summed E-state index contributed by atoms with van der Waals surface area (Å²) in [6, 6.07) is 16.5. The Bertz CT molecular complexity index is 933. The predicted molar refractivity (Wildman–Crippen MR) is 112 cm³/mol. The van der Waals surface area contributed by atoms with Crippen molar-refractivity contribution in [3.05, 3.63) is 59.1 Å². The van der Waals surface area contributed by atoms with Crippen LogP contribution in [0.25, 0.3) is 10.8 Å². The van der Waals surface area contributed by atoms with Gasteiger partial charge in [0.15, 0.2) is 11.5 Å². The minimum atomic E-state index is -0.109. The van der Waals surface area contributed by atoms with Gasteiger partial charge in [0, 0.05) is 16.8 Å². The summed E-state index contributed by atoms with van der Waals surface area (Å²) in [6.45, 7) is 5.18. The summed E-state index contributed by atoms with van der Waals surface area (Å²) >= 11 is 6.55. The molecule has 1 aliphatic rings. The third-order valence-electron chi connectivity index (χ3n) is 4.62. The summed E-state index contributed by atoms with van der Waals surface area (Å²) in [6.07, 6.45) is 0.804. The van der Waals surface area contributed by atoms with Crippen molar-refractivity contribution in [3.8, 4) is 11.5 Å². The normalized spacial score (nSPS) is 13.1. The fraction of sp³-hybridized carbons (Fsp3) is 0.273. The fourth-order valence-corrected chi connectivity index (χ4v) is 3.73. The maximum Gasteiger partial charge on any atom is 0.179 e. The lowest BCUT2D eigenvalue weighted by atomic mass is 10.0. The molecule has 0 spiro atoms. The van der Waals surface area contributed by atoms with E-state index in [4.69, 9.17) is 21.1 Å². The summed E-state index contributed by atoms with van der Waals surface area (Å²) < 4.78 is 11.6. The fourth-order valence-electron chi connectivity index (χ4n) is 3.46. The second-order valence-electron chi connectivity index (χ2n) is 6.54. The molecule has 27 heavy (non-hydrogen) atoms. The van der Waals surface area contributed by atoms with Gasteiger partial charge < -0.3 is 20.1 Å². The van der Waals surface area contributed by atoms with Crippen LogP contribution >= 0.6 is 11.6 Å². The highest BCUT2D eigenvalue weighted by molar-refractivity contribution is 6.32. The Balaban J connectivity index is 1.72. The van der Waals surface area contributed by atoms with Gasteiger partial charge in [-0.3, -0.25) is 0 Å². The van der Waals surface area contributed by atoms with Gasteiger partial charge in [0.25, 0.3) is 0 Å². The van der Waals surface area contributed by atoms with Crippen molar-refractivity contribution in [3.63, 3.8) is 0 Å². The highest BCUT2D eigenvalue weighted by Crippen LogP contribution is 2.42. The Hall–Kier alpha value is -2.59. The van der Waals surface area contributed by atoms with Gasteiger partial charge in [0.05, 0.1) is 18.2 Å². The molecule has 3 aromatic rings. The Morgan fingerprint density at radius 3 is 2.30 bits per heavy atom. The minimum absolute atomic E-state index is 0.109. The van der Waals surface area contributed by atoms with E-state index in [9.17, 15) is 0 Å². The standard InChI is InChI=1S/C22H23ClN2O2/c1-3-11-27-21-16(23)12-15(13-19(21)26-4-2)22-24-17-9-5-7-14-8-6-10-18(25-22)20(14)17/h5-10,12-13,22,24-25H,3-4,11H2,1-2H3. The quantitative estimate of drug-likeness (QED) is 0.531. The molecule has 4 rings (SSSR count). The lowest BCUT2D eigenvalue weighted by Crippen LogP contribution is -2.23. The van der Waals surface area contributed by atoms with Crippen LogP contribution in [0.15, 0.2) is 48.5 Å². The molecular formula is C22H23ClN2O2. The molecule has 0 fully saturated rings. The van der Waals surface area contributed by atoms with E-state index in [-0.39, 0.29) is 6.17 Å². The first-order chi connectivity index (χ1) is 13.2. The van der Waals surface area contributed by atoms with Gasteiger partial charge in [0.2, 0.25) is 0 Å². The van der Waals surface area contributed by atoms with Crippen molar-refractivity contribution in [1.29, 1.82) is 0 Å². The molecule has 4 nitrogen and oxygen atoms in total. The molecule has 0 aliphatic carbocycles. The van der Waals surface area contributed by atoms with Crippen LogP contribution in [0.2, 0.25) is 5.02 Å². The van der Waals surface area contributed by atoms with Crippen molar-refractivity contribution >= 4 is 33.7 Å². The van der Waals surface area contributed by atoms with E-state index in [0.29, 0.717) is 29.7 Å². The Labute approximate surface area is 164 Å². The average Bonchev–Trinajstić information content (AvgIpc) is 2.68. The summed E-state index contributed by atoms with van der Waals surface area (Å²) in [7, 11) is 0. The van der Waals surface area contributed by atoms with Crippen LogP contribution in [0.1, 0.15) is 32.0 Å². The molecule has 5 heteroatoms. The van der Waals surface area contributed by atoms with Crippen molar-refractivity contribution in [2.75, 3.05) is 23.8 Å². The molecule has 0 saturated heterocycles. The predicted octanol–water partition coefficient (Wildman–Crippen LogP) is 6.22. The molecule has 0 amide bonds. The first kappa shape index (κ1) is 17.8. The minimum Gasteiger partial charge on any atom is -0.490 e. The first-order valence-corrected chi connectivity index (χ1v) is 9.73. The maximum atomic E-state index is 6.55. The maximum absolute atomic E-state index is 6.55. The van der Waals surface area contributed by atoms with Crippen molar-refractivity contribution in [1.82, 2.24) is 0 Å². The smallest absolute Gasteiger partial charge is 0.179 e. The second kappa shape index (κ2) is 7.57. The van der Waals surface area contributed by atoms with Gasteiger partial charge in [-0.15, -0.1) is 0 Å². The van der Waals surface area contributed by atoms with Crippen molar-refractivity contribution in [2.45, 2.75) is 26.4 Å². The summed E-state index contributed by atoms with van der Waals surface area (Å²) in [5.41, 5.74) is 3.21. The molecule has 0 bridgehead atoms. The number of ether oxygens (including phenoxy) is 2. The van der Waals surface area contributed by atoms with E-state index in [0.717, 1.165) is 23.4 Å². The third-order valence-corrected chi connectivity index (χ3v) is 4.90. The second-order valence-corrected chi connectivity index (χ2v) is 6.95. The average molecular weight is 383 g/mol. The molecule has 1 heterocycles. The number of hydrogen-bond donors (Lipinski definition) is 2. The van der Waals surface area contributed by atoms with Gasteiger partial charge in [-0.25, -0.2) is 0 Å². The lowest BCUT2D eigenvalue weighted by Gasteiger charge is -2.30. The number of halogens is 1. The molecule has 1 aliphatic heterocycles. The van der Waals surface area contributed by atoms with Crippen LogP contribution in [-0.4, -0.2) is 13.2 Å². The van der Waals surface area contributed by atoms with Crippen LogP contribution in [0.4, 0.5) is 11.4 Å². The molecule has 3 aromatic carbocycles. The Kier molecular flexibility index (Phi) is 4.99. The Morgan fingerprint density at radius 2 is 1.67 bits per heavy atom. The van der Waals surface area contributed by atoms with E-state index in [1.54, 1.807) is 0 Å². The van der Waals surface area contributed by atoms with E-state index in [2.05, 4.69) is 54.0 Å².